The van der Waals surface area contributed by atoms with Crippen LogP contribution in [0.2, 0.25) is 0 Å². The number of hydrogen-bond acceptors (Lipinski definition) is 2. The van der Waals surface area contributed by atoms with Gasteiger partial charge in [-0.25, -0.2) is 4.68 Å². The zero-order valence-corrected chi connectivity index (χ0v) is 12.2. The second-order valence-electron chi connectivity index (χ2n) is 5.78. The predicted molar refractivity (Wildman–Crippen MR) is 77.3 cm³/mol. The van der Waals surface area contributed by atoms with E-state index in [0.29, 0.717) is 11.3 Å². The van der Waals surface area contributed by atoms with E-state index in [4.69, 9.17) is 0 Å². The van der Waals surface area contributed by atoms with E-state index in [2.05, 4.69) is 10.3 Å². The van der Waals surface area contributed by atoms with Gasteiger partial charge in [0, 0.05) is 5.56 Å². The van der Waals surface area contributed by atoms with Gasteiger partial charge in [0.1, 0.15) is 5.69 Å². The van der Waals surface area contributed by atoms with Gasteiger partial charge in [-0.3, -0.25) is 0 Å². The summed E-state index contributed by atoms with van der Waals surface area (Å²) in [6.07, 6.45) is -0.276. The number of nitrogens with zero attached hydrogens (tertiary/aromatic N) is 3. The second kappa shape index (κ2) is 6.10. The van der Waals surface area contributed by atoms with Gasteiger partial charge >= 0.3 is 6.18 Å². The number of rotatable bonds is 3. The molecule has 0 aliphatic heterocycles. The predicted octanol–water partition coefficient (Wildman–Crippen LogP) is 4.56. The molecule has 0 spiro atoms. The summed E-state index contributed by atoms with van der Waals surface area (Å²) < 4.78 is 40.5. The quantitative estimate of drug-likeness (QED) is 0.832. The molecule has 6 heteroatoms. The molecule has 0 radical (unpaired) electrons. The van der Waals surface area contributed by atoms with Crippen molar-refractivity contribution in [1.82, 2.24) is 15.0 Å². The minimum absolute atomic E-state index is 0.0380. The molecule has 1 aromatic heterocycles. The fraction of sp³-hybridized carbons (Fsp3) is 0.500. The SMILES string of the molecule is FC(F)(F)Cc1c(-c2ccccc2)nnn1C1CCCCC1. The maximum atomic E-state index is 13.0. The molecular formula is C16H18F3N3. The van der Waals surface area contributed by atoms with Crippen molar-refractivity contribution < 1.29 is 13.2 Å². The first-order valence-corrected chi connectivity index (χ1v) is 7.61. The van der Waals surface area contributed by atoms with E-state index in [9.17, 15) is 13.2 Å². The van der Waals surface area contributed by atoms with Crippen LogP contribution in [0, 0.1) is 0 Å². The third kappa shape index (κ3) is 3.31. The first-order valence-electron chi connectivity index (χ1n) is 7.61. The Kier molecular flexibility index (Phi) is 4.18. The number of aromatic nitrogens is 3. The summed E-state index contributed by atoms with van der Waals surface area (Å²) in [5.74, 6) is 0. The molecule has 2 aromatic rings. The molecule has 0 amide bonds. The summed E-state index contributed by atoms with van der Waals surface area (Å²) in [7, 11) is 0. The van der Waals surface area contributed by atoms with E-state index < -0.39 is 12.6 Å². The van der Waals surface area contributed by atoms with E-state index in [1.54, 1.807) is 24.3 Å². The van der Waals surface area contributed by atoms with Crippen LogP contribution in [-0.2, 0) is 6.42 Å². The lowest BCUT2D eigenvalue weighted by Gasteiger charge is -2.23. The number of halogens is 3. The van der Waals surface area contributed by atoms with Crippen molar-refractivity contribution in [3.63, 3.8) is 0 Å². The first-order chi connectivity index (χ1) is 10.5. The van der Waals surface area contributed by atoms with Crippen LogP contribution in [0.5, 0.6) is 0 Å². The molecule has 1 aliphatic carbocycles. The number of benzene rings is 1. The van der Waals surface area contributed by atoms with Crippen molar-refractivity contribution in [2.45, 2.75) is 50.7 Å². The van der Waals surface area contributed by atoms with Crippen LogP contribution >= 0.6 is 0 Å². The van der Waals surface area contributed by atoms with Gasteiger partial charge in [0.25, 0.3) is 0 Å². The van der Waals surface area contributed by atoms with Crippen molar-refractivity contribution in [2.24, 2.45) is 0 Å². The maximum Gasteiger partial charge on any atom is 0.394 e. The van der Waals surface area contributed by atoms with Crippen molar-refractivity contribution in [2.75, 3.05) is 0 Å². The number of hydrogen-bond donors (Lipinski definition) is 0. The van der Waals surface area contributed by atoms with Crippen LogP contribution in [0.1, 0.15) is 43.8 Å². The summed E-state index contributed by atoms with van der Waals surface area (Å²) in [4.78, 5) is 0. The molecule has 0 atom stereocenters. The summed E-state index contributed by atoms with van der Waals surface area (Å²) >= 11 is 0. The van der Waals surface area contributed by atoms with E-state index in [0.717, 1.165) is 32.1 Å². The van der Waals surface area contributed by atoms with E-state index in [1.807, 2.05) is 6.07 Å². The third-order valence-electron chi connectivity index (χ3n) is 4.13. The molecular weight excluding hydrogens is 291 g/mol. The molecule has 1 saturated carbocycles. The van der Waals surface area contributed by atoms with Crippen molar-refractivity contribution in [3.05, 3.63) is 36.0 Å². The Labute approximate surface area is 127 Å². The van der Waals surface area contributed by atoms with Crippen molar-refractivity contribution in [1.29, 1.82) is 0 Å². The first kappa shape index (κ1) is 15.1. The van der Waals surface area contributed by atoms with Gasteiger partial charge in [-0.05, 0) is 12.8 Å². The average molecular weight is 309 g/mol. The summed E-state index contributed by atoms with van der Waals surface area (Å²) in [6, 6.07) is 9.01. The van der Waals surface area contributed by atoms with Crippen LogP contribution in [0.3, 0.4) is 0 Å². The van der Waals surface area contributed by atoms with Gasteiger partial charge < -0.3 is 0 Å². The zero-order valence-electron chi connectivity index (χ0n) is 12.2. The van der Waals surface area contributed by atoms with E-state index in [-0.39, 0.29) is 11.7 Å². The maximum absolute atomic E-state index is 13.0. The monoisotopic (exact) mass is 309 g/mol. The molecule has 0 saturated heterocycles. The van der Waals surface area contributed by atoms with Gasteiger partial charge in [-0.1, -0.05) is 54.8 Å². The van der Waals surface area contributed by atoms with Gasteiger partial charge in [-0.15, -0.1) is 5.10 Å². The molecule has 1 aromatic carbocycles. The Bertz CT molecular complexity index is 613. The molecule has 22 heavy (non-hydrogen) atoms. The minimum Gasteiger partial charge on any atom is -0.245 e. The average Bonchev–Trinajstić information content (AvgIpc) is 2.90. The van der Waals surface area contributed by atoms with Gasteiger partial charge in [0.05, 0.1) is 18.2 Å². The highest BCUT2D eigenvalue weighted by Gasteiger charge is 2.34. The van der Waals surface area contributed by atoms with Crippen LogP contribution in [0.25, 0.3) is 11.3 Å². The number of alkyl halides is 3. The van der Waals surface area contributed by atoms with Crippen LogP contribution in [0.15, 0.2) is 30.3 Å². The Morgan fingerprint density at radius 2 is 1.73 bits per heavy atom. The molecule has 1 fully saturated rings. The molecule has 1 aliphatic rings. The molecule has 0 N–H and O–H groups in total. The van der Waals surface area contributed by atoms with Crippen LogP contribution < -0.4 is 0 Å². The van der Waals surface area contributed by atoms with E-state index >= 15 is 0 Å². The van der Waals surface area contributed by atoms with Crippen molar-refractivity contribution >= 4 is 0 Å². The molecule has 3 rings (SSSR count). The molecule has 118 valence electrons. The van der Waals surface area contributed by atoms with Gasteiger partial charge in [0.15, 0.2) is 0 Å². The lowest BCUT2D eigenvalue weighted by Crippen LogP contribution is -2.21. The second-order valence-corrected chi connectivity index (χ2v) is 5.78. The Morgan fingerprint density at radius 3 is 2.36 bits per heavy atom. The molecule has 0 unspecified atom stereocenters. The fourth-order valence-electron chi connectivity index (χ4n) is 3.11. The van der Waals surface area contributed by atoms with Crippen molar-refractivity contribution in [3.8, 4) is 11.3 Å². The Hall–Kier alpha value is -1.85. The zero-order chi connectivity index (χ0) is 15.6. The third-order valence-corrected chi connectivity index (χ3v) is 4.13. The molecule has 1 heterocycles. The Morgan fingerprint density at radius 1 is 1.05 bits per heavy atom. The highest BCUT2D eigenvalue weighted by atomic mass is 19.4. The van der Waals surface area contributed by atoms with Crippen LogP contribution in [-0.4, -0.2) is 21.2 Å². The van der Waals surface area contributed by atoms with Gasteiger partial charge in [0.2, 0.25) is 0 Å². The normalized spacial score (nSPS) is 16.9. The fourth-order valence-corrected chi connectivity index (χ4v) is 3.11. The largest absolute Gasteiger partial charge is 0.394 e. The summed E-state index contributed by atoms with van der Waals surface area (Å²) in [5, 5.41) is 8.13. The Balaban J connectivity index is 2.01. The summed E-state index contributed by atoms with van der Waals surface area (Å²) in [6.45, 7) is 0. The standard InChI is InChI=1S/C16H18F3N3/c17-16(18,19)11-14-15(12-7-3-1-4-8-12)20-21-22(14)13-9-5-2-6-10-13/h1,3-4,7-8,13H,2,5-6,9-11H2. The smallest absolute Gasteiger partial charge is 0.245 e. The lowest BCUT2D eigenvalue weighted by molar-refractivity contribution is -0.128. The highest BCUT2D eigenvalue weighted by Crippen LogP contribution is 2.34. The topological polar surface area (TPSA) is 30.7 Å². The minimum atomic E-state index is -4.27. The summed E-state index contributed by atoms with van der Waals surface area (Å²) in [5.41, 5.74) is 1.22. The van der Waals surface area contributed by atoms with E-state index in [1.165, 1.54) is 4.68 Å². The molecule has 0 bridgehead atoms. The van der Waals surface area contributed by atoms with Crippen LogP contribution in [0.4, 0.5) is 13.2 Å². The highest BCUT2D eigenvalue weighted by molar-refractivity contribution is 5.61. The van der Waals surface area contributed by atoms with Gasteiger partial charge in [-0.2, -0.15) is 13.2 Å². The molecule has 3 nitrogen and oxygen atoms in total. The lowest BCUT2D eigenvalue weighted by atomic mass is 9.95.